The molecule has 2 aromatic rings. The van der Waals surface area contributed by atoms with Gasteiger partial charge in [0.1, 0.15) is 5.88 Å². The van der Waals surface area contributed by atoms with Crippen molar-refractivity contribution in [2.24, 2.45) is 0 Å². The van der Waals surface area contributed by atoms with Crippen molar-refractivity contribution in [3.8, 4) is 0 Å². The van der Waals surface area contributed by atoms with E-state index in [1.807, 2.05) is 12.1 Å². The molecule has 0 radical (unpaired) electrons. The maximum atomic E-state index is 5.58. The van der Waals surface area contributed by atoms with Crippen molar-refractivity contribution in [2.75, 3.05) is 0 Å². The molecule has 0 amide bonds. The predicted octanol–water partition coefficient (Wildman–Crippen LogP) is 2.71. The van der Waals surface area contributed by atoms with Gasteiger partial charge in [0.25, 0.3) is 0 Å². The van der Waals surface area contributed by atoms with Crippen LogP contribution in [0.1, 0.15) is 22.9 Å². The zero-order valence-electron chi connectivity index (χ0n) is 8.40. The molecule has 15 heavy (non-hydrogen) atoms. The van der Waals surface area contributed by atoms with Crippen LogP contribution < -0.4 is 0 Å². The van der Waals surface area contributed by atoms with E-state index in [1.54, 1.807) is 0 Å². The second kappa shape index (κ2) is 4.45. The van der Waals surface area contributed by atoms with Crippen molar-refractivity contribution in [3.63, 3.8) is 0 Å². The number of nitrogens with zero attached hydrogens (tertiary/aromatic N) is 2. The molecule has 0 spiro atoms. The van der Waals surface area contributed by atoms with E-state index < -0.39 is 0 Å². The summed E-state index contributed by atoms with van der Waals surface area (Å²) in [7, 11) is 0. The second-order valence-corrected chi connectivity index (χ2v) is 3.59. The fourth-order valence-corrected chi connectivity index (χ4v) is 1.49. The molecular weight excluding hydrogens is 212 g/mol. The first kappa shape index (κ1) is 10.2. The number of halogens is 1. The normalized spacial score (nSPS) is 10.5. The van der Waals surface area contributed by atoms with E-state index in [0.717, 1.165) is 0 Å². The maximum Gasteiger partial charge on any atom is 0.231 e. The van der Waals surface area contributed by atoms with Crippen LogP contribution in [0.4, 0.5) is 0 Å². The molecule has 0 aliphatic rings. The number of rotatable bonds is 3. The van der Waals surface area contributed by atoms with Crippen molar-refractivity contribution >= 4 is 11.6 Å². The lowest BCUT2D eigenvalue weighted by molar-refractivity contribution is 0.473. The lowest BCUT2D eigenvalue weighted by Crippen LogP contribution is -1.91. The van der Waals surface area contributed by atoms with Gasteiger partial charge in [-0.1, -0.05) is 24.3 Å². The number of benzene rings is 1. The molecular formula is C11H11ClN2O. The summed E-state index contributed by atoms with van der Waals surface area (Å²) in [4.78, 5) is 0. The zero-order valence-corrected chi connectivity index (χ0v) is 9.16. The van der Waals surface area contributed by atoms with E-state index >= 15 is 0 Å². The molecule has 1 aromatic heterocycles. The van der Waals surface area contributed by atoms with E-state index in [0.29, 0.717) is 18.2 Å². The van der Waals surface area contributed by atoms with Crippen LogP contribution in [-0.4, -0.2) is 10.2 Å². The topological polar surface area (TPSA) is 38.9 Å². The van der Waals surface area contributed by atoms with Crippen LogP contribution in [-0.2, 0) is 12.3 Å². The molecule has 3 nitrogen and oxygen atoms in total. The fourth-order valence-electron chi connectivity index (χ4n) is 1.39. The Morgan fingerprint density at radius 2 is 1.93 bits per heavy atom. The molecule has 0 unspecified atom stereocenters. The van der Waals surface area contributed by atoms with Gasteiger partial charge in [0.15, 0.2) is 0 Å². The lowest BCUT2D eigenvalue weighted by atomic mass is 10.1. The summed E-state index contributed by atoms with van der Waals surface area (Å²) in [5.74, 6) is 1.35. The summed E-state index contributed by atoms with van der Waals surface area (Å²) in [5, 5.41) is 7.73. The quantitative estimate of drug-likeness (QED) is 0.750. The molecule has 0 saturated carbocycles. The van der Waals surface area contributed by atoms with E-state index in [4.69, 9.17) is 16.0 Å². The van der Waals surface area contributed by atoms with Crippen LogP contribution >= 0.6 is 11.6 Å². The van der Waals surface area contributed by atoms with E-state index in [1.165, 1.54) is 11.1 Å². The zero-order chi connectivity index (χ0) is 10.7. The summed E-state index contributed by atoms with van der Waals surface area (Å²) in [5.41, 5.74) is 2.42. The molecule has 0 aliphatic carbocycles. The van der Waals surface area contributed by atoms with Crippen LogP contribution in [0.2, 0.25) is 0 Å². The Morgan fingerprint density at radius 1 is 1.20 bits per heavy atom. The number of hydrogen-bond donors (Lipinski definition) is 0. The summed E-state index contributed by atoms with van der Waals surface area (Å²) in [6.07, 6.45) is 0.663. The Kier molecular flexibility index (Phi) is 3.02. The molecule has 4 heteroatoms. The van der Waals surface area contributed by atoms with Gasteiger partial charge in [0.05, 0.1) is 6.42 Å². The Morgan fingerprint density at radius 3 is 2.60 bits per heavy atom. The second-order valence-electron chi connectivity index (χ2n) is 3.33. The standard InChI is InChI=1S/C11H11ClN2O/c1-8-4-2-3-5-9(8)6-10-13-14-11(7-12)15-10/h2-5H,6-7H2,1H3. The highest BCUT2D eigenvalue weighted by Gasteiger charge is 2.06. The minimum Gasteiger partial charge on any atom is -0.424 e. The lowest BCUT2D eigenvalue weighted by Gasteiger charge is -2.00. The van der Waals surface area contributed by atoms with Crippen LogP contribution in [0.15, 0.2) is 28.7 Å². The Bertz CT molecular complexity index is 453. The first-order valence-electron chi connectivity index (χ1n) is 4.71. The molecule has 0 fully saturated rings. The highest BCUT2D eigenvalue weighted by Crippen LogP contribution is 2.13. The van der Waals surface area contributed by atoms with Gasteiger partial charge in [-0.2, -0.15) is 0 Å². The molecule has 0 N–H and O–H groups in total. The number of hydrogen-bond acceptors (Lipinski definition) is 3. The molecule has 0 saturated heterocycles. The van der Waals surface area contributed by atoms with E-state index in [9.17, 15) is 0 Å². The van der Waals surface area contributed by atoms with E-state index in [2.05, 4.69) is 29.3 Å². The third kappa shape index (κ3) is 2.36. The molecule has 0 atom stereocenters. The highest BCUT2D eigenvalue weighted by atomic mass is 35.5. The van der Waals surface area contributed by atoms with Gasteiger partial charge in [-0.25, -0.2) is 0 Å². The SMILES string of the molecule is Cc1ccccc1Cc1nnc(CCl)o1. The van der Waals surface area contributed by atoms with Crippen molar-refractivity contribution in [3.05, 3.63) is 47.2 Å². The minimum absolute atomic E-state index is 0.265. The number of alkyl halides is 1. The molecule has 0 aliphatic heterocycles. The van der Waals surface area contributed by atoms with Crippen molar-refractivity contribution < 1.29 is 4.42 Å². The molecule has 1 aromatic carbocycles. The van der Waals surface area contributed by atoms with Gasteiger partial charge in [-0.3, -0.25) is 0 Å². The molecule has 78 valence electrons. The largest absolute Gasteiger partial charge is 0.424 e. The average Bonchev–Trinajstić information content (AvgIpc) is 2.69. The summed E-state index contributed by atoms with van der Waals surface area (Å²) >= 11 is 5.58. The third-order valence-electron chi connectivity index (χ3n) is 2.23. The van der Waals surface area contributed by atoms with Crippen LogP contribution in [0.25, 0.3) is 0 Å². The minimum atomic E-state index is 0.265. The monoisotopic (exact) mass is 222 g/mol. The smallest absolute Gasteiger partial charge is 0.231 e. The van der Waals surface area contributed by atoms with Crippen LogP contribution in [0, 0.1) is 6.92 Å². The van der Waals surface area contributed by atoms with Gasteiger partial charge in [-0.15, -0.1) is 21.8 Å². The van der Waals surface area contributed by atoms with Gasteiger partial charge in [-0.05, 0) is 18.1 Å². The maximum absolute atomic E-state index is 5.58. The number of aromatic nitrogens is 2. The van der Waals surface area contributed by atoms with Gasteiger partial charge < -0.3 is 4.42 Å². The first-order chi connectivity index (χ1) is 7.29. The van der Waals surface area contributed by atoms with Crippen LogP contribution in [0.5, 0.6) is 0 Å². The average molecular weight is 223 g/mol. The van der Waals surface area contributed by atoms with Gasteiger partial charge in [0, 0.05) is 0 Å². The Labute approximate surface area is 93.1 Å². The highest BCUT2D eigenvalue weighted by molar-refractivity contribution is 6.16. The third-order valence-corrected chi connectivity index (χ3v) is 2.45. The fraction of sp³-hybridized carbons (Fsp3) is 0.273. The van der Waals surface area contributed by atoms with Crippen molar-refractivity contribution in [1.82, 2.24) is 10.2 Å². The summed E-state index contributed by atoms with van der Waals surface area (Å²) < 4.78 is 5.34. The first-order valence-corrected chi connectivity index (χ1v) is 5.25. The van der Waals surface area contributed by atoms with Crippen molar-refractivity contribution in [2.45, 2.75) is 19.2 Å². The van der Waals surface area contributed by atoms with E-state index in [-0.39, 0.29) is 5.88 Å². The summed E-state index contributed by atoms with van der Waals surface area (Å²) in [6, 6.07) is 8.13. The molecule has 0 bridgehead atoms. The predicted molar refractivity (Wildman–Crippen MR) is 57.8 cm³/mol. The van der Waals surface area contributed by atoms with Gasteiger partial charge >= 0.3 is 0 Å². The number of aryl methyl sites for hydroxylation is 1. The van der Waals surface area contributed by atoms with Crippen molar-refractivity contribution in [1.29, 1.82) is 0 Å². The van der Waals surface area contributed by atoms with Gasteiger partial charge in [0.2, 0.25) is 11.8 Å². The van der Waals surface area contributed by atoms with Crippen LogP contribution in [0.3, 0.4) is 0 Å². The molecule has 1 heterocycles. The summed E-state index contributed by atoms with van der Waals surface area (Å²) in [6.45, 7) is 2.06. The Hall–Kier alpha value is -1.35. The molecule has 2 rings (SSSR count). The Balaban J connectivity index is 2.18.